The molecule has 0 bridgehead atoms. The minimum absolute atomic E-state index is 0.569. The number of nitrogens with zero attached hydrogens (tertiary/aromatic N) is 4. The van der Waals surface area contributed by atoms with Crippen LogP contribution in [0.5, 0.6) is 0 Å². The Morgan fingerprint density at radius 1 is 1.00 bits per heavy atom. The molecule has 4 rings (SSSR count). The molecule has 23 heavy (non-hydrogen) atoms. The zero-order chi connectivity index (χ0) is 15.6. The number of anilines is 1. The molecule has 0 radical (unpaired) electrons. The van der Waals surface area contributed by atoms with Crippen molar-refractivity contribution in [1.82, 2.24) is 19.8 Å². The van der Waals surface area contributed by atoms with E-state index in [1.165, 1.54) is 64.7 Å². The summed E-state index contributed by atoms with van der Waals surface area (Å²) < 4.78 is 0. The number of aromatic nitrogens is 2. The lowest BCUT2D eigenvalue weighted by Crippen LogP contribution is -2.48. The van der Waals surface area contributed by atoms with Crippen LogP contribution < -0.4 is 5.32 Å². The molecule has 0 unspecified atom stereocenters. The van der Waals surface area contributed by atoms with E-state index in [9.17, 15) is 0 Å². The maximum Gasteiger partial charge on any atom is 0.133 e. The van der Waals surface area contributed by atoms with Crippen LogP contribution in [0.25, 0.3) is 0 Å². The van der Waals surface area contributed by atoms with Crippen LogP contribution in [0, 0.1) is 0 Å². The van der Waals surface area contributed by atoms with Gasteiger partial charge in [0.25, 0.3) is 0 Å². The van der Waals surface area contributed by atoms with Crippen LogP contribution in [0.15, 0.2) is 12.3 Å². The molecule has 2 aliphatic heterocycles. The van der Waals surface area contributed by atoms with Crippen molar-refractivity contribution in [3.63, 3.8) is 0 Å². The number of nitrogens with one attached hydrogen (secondary N) is 1. The van der Waals surface area contributed by atoms with E-state index < -0.39 is 0 Å². The Labute approximate surface area is 139 Å². The third kappa shape index (κ3) is 3.83. The molecule has 5 heteroatoms. The van der Waals surface area contributed by atoms with E-state index in [1.807, 2.05) is 12.3 Å². The third-order valence-electron chi connectivity index (χ3n) is 5.70. The first kappa shape index (κ1) is 15.3. The van der Waals surface area contributed by atoms with Crippen LogP contribution in [0.2, 0.25) is 0 Å². The average molecular weight is 315 g/mol. The Kier molecular flexibility index (Phi) is 4.49. The minimum Gasteiger partial charge on any atom is -0.367 e. The van der Waals surface area contributed by atoms with Crippen molar-refractivity contribution >= 4 is 5.82 Å². The topological polar surface area (TPSA) is 44.3 Å². The number of hydrogen-bond donors (Lipinski definition) is 1. The van der Waals surface area contributed by atoms with Gasteiger partial charge in [0.1, 0.15) is 11.6 Å². The van der Waals surface area contributed by atoms with Crippen LogP contribution >= 0.6 is 0 Å². The zero-order valence-electron chi connectivity index (χ0n) is 14.2. The smallest absolute Gasteiger partial charge is 0.133 e. The summed E-state index contributed by atoms with van der Waals surface area (Å²) in [6.07, 6.45) is 9.58. The van der Waals surface area contributed by atoms with Crippen molar-refractivity contribution < 1.29 is 0 Å². The highest BCUT2D eigenvalue weighted by Gasteiger charge is 2.28. The van der Waals surface area contributed by atoms with E-state index in [4.69, 9.17) is 4.98 Å². The standard InChI is InChI=1S/C18H29N5/c1-22-10-7-16(8-11-22)23-12-5-15(6-13-23)20-17-4-9-19-18(21-17)14-2-3-14/h4,9,14-16H,2-3,5-8,10-13H2,1H3,(H,19,20,21). The lowest BCUT2D eigenvalue weighted by molar-refractivity contribution is 0.0993. The predicted molar refractivity (Wildman–Crippen MR) is 92.7 cm³/mol. The molecular weight excluding hydrogens is 286 g/mol. The van der Waals surface area contributed by atoms with Crippen molar-refractivity contribution in [3.8, 4) is 0 Å². The lowest BCUT2D eigenvalue weighted by atomic mass is 9.98. The van der Waals surface area contributed by atoms with Gasteiger partial charge in [-0.25, -0.2) is 9.97 Å². The molecule has 3 aliphatic rings. The van der Waals surface area contributed by atoms with E-state index in [0.29, 0.717) is 12.0 Å². The molecule has 0 aromatic carbocycles. The van der Waals surface area contributed by atoms with Gasteiger partial charge in [-0.3, -0.25) is 0 Å². The fourth-order valence-corrected chi connectivity index (χ4v) is 3.97. The van der Waals surface area contributed by atoms with Gasteiger partial charge in [-0.15, -0.1) is 0 Å². The van der Waals surface area contributed by atoms with Crippen molar-refractivity contribution in [3.05, 3.63) is 18.1 Å². The van der Waals surface area contributed by atoms with Gasteiger partial charge in [-0.2, -0.15) is 0 Å². The number of hydrogen-bond acceptors (Lipinski definition) is 5. The summed E-state index contributed by atoms with van der Waals surface area (Å²) in [5.74, 6) is 2.70. The molecule has 2 saturated heterocycles. The summed E-state index contributed by atoms with van der Waals surface area (Å²) in [7, 11) is 2.24. The fraction of sp³-hybridized carbons (Fsp3) is 0.778. The molecular formula is C18H29N5. The Bertz CT molecular complexity index is 514. The van der Waals surface area contributed by atoms with Crippen LogP contribution in [-0.4, -0.2) is 65.1 Å². The largest absolute Gasteiger partial charge is 0.367 e. The second kappa shape index (κ2) is 6.73. The summed E-state index contributed by atoms with van der Waals surface area (Å²) in [5, 5.41) is 3.65. The maximum atomic E-state index is 4.70. The van der Waals surface area contributed by atoms with Crippen LogP contribution in [0.1, 0.15) is 50.3 Å². The monoisotopic (exact) mass is 315 g/mol. The summed E-state index contributed by atoms with van der Waals surface area (Å²) >= 11 is 0. The van der Waals surface area contributed by atoms with E-state index in [1.54, 1.807) is 0 Å². The average Bonchev–Trinajstić information content (AvgIpc) is 3.42. The summed E-state index contributed by atoms with van der Waals surface area (Å²) in [6.45, 7) is 4.97. The number of rotatable bonds is 4. The first-order chi connectivity index (χ1) is 11.3. The van der Waals surface area contributed by atoms with Gasteiger partial charge in [0, 0.05) is 37.3 Å². The molecule has 1 aromatic rings. The highest BCUT2D eigenvalue weighted by Crippen LogP contribution is 2.38. The second-order valence-corrected chi connectivity index (χ2v) is 7.56. The number of likely N-dealkylation sites (tertiary alicyclic amines) is 2. The molecule has 3 fully saturated rings. The minimum atomic E-state index is 0.569. The second-order valence-electron chi connectivity index (χ2n) is 7.56. The zero-order valence-corrected chi connectivity index (χ0v) is 14.2. The summed E-state index contributed by atoms with van der Waals surface area (Å²) in [6, 6.07) is 3.40. The maximum absolute atomic E-state index is 4.70. The summed E-state index contributed by atoms with van der Waals surface area (Å²) in [5.41, 5.74) is 0. The molecule has 1 aromatic heterocycles. The first-order valence-corrected chi connectivity index (χ1v) is 9.30. The van der Waals surface area contributed by atoms with Crippen molar-refractivity contribution in [2.75, 3.05) is 38.5 Å². The van der Waals surface area contributed by atoms with Crippen molar-refractivity contribution in [2.45, 2.75) is 56.5 Å². The normalized spacial score (nSPS) is 25.6. The van der Waals surface area contributed by atoms with Gasteiger partial charge < -0.3 is 15.1 Å². The van der Waals surface area contributed by atoms with Gasteiger partial charge in [0.2, 0.25) is 0 Å². The Morgan fingerprint density at radius 2 is 1.74 bits per heavy atom. The van der Waals surface area contributed by atoms with Crippen molar-refractivity contribution in [2.24, 2.45) is 0 Å². The molecule has 1 N–H and O–H groups in total. The van der Waals surface area contributed by atoms with Gasteiger partial charge in [0.15, 0.2) is 0 Å². The predicted octanol–water partition coefficient (Wildman–Crippen LogP) is 2.32. The van der Waals surface area contributed by atoms with E-state index in [0.717, 1.165) is 17.7 Å². The molecule has 5 nitrogen and oxygen atoms in total. The Hall–Kier alpha value is -1.20. The van der Waals surface area contributed by atoms with E-state index in [-0.39, 0.29) is 0 Å². The first-order valence-electron chi connectivity index (χ1n) is 9.30. The van der Waals surface area contributed by atoms with Crippen LogP contribution in [0.3, 0.4) is 0 Å². The molecule has 126 valence electrons. The summed E-state index contributed by atoms with van der Waals surface area (Å²) in [4.78, 5) is 14.3. The highest BCUT2D eigenvalue weighted by atomic mass is 15.2. The number of piperidine rings is 2. The quantitative estimate of drug-likeness (QED) is 0.924. The Morgan fingerprint density at radius 3 is 2.43 bits per heavy atom. The molecule has 0 amide bonds. The van der Waals surface area contributed by atoms with Crippen LogP contribution in [-0.2, 0) is 0 Å². The fourth-order valence-electron chi connectivity index (χ4n) is 3.97. The van der Waals surface area contributed by atoms with Crippen molar-refractivity contribution in [1.29, 1.82) is 0 Å². The van der Waals surface area contributed by atoms with Crippen LogP contribution in [0.4, 0.5) is 5.82 Å². The highest BCUT2D eigenvalue weighted by molar-refractivity contribution is 5.35. The molecule has 1 aliphatic carbocycles. The molecule has 1 saturated carbocycles. The SMILES string of the molecule is CN1CCC(N2CCC(Nc3ccnc(C4CC4)n3)CC2)CC1. The van der Waals surface area contributed by atoms with Gasteiger partial charge in [0.05, 0.1) is 0 Å². The lowest BCUT2D eigenvalue weighted by Gasteiger charge is -2.41. The van der Waals surface area contributed by atoms with E-state index >= 15 is 0 Å². The Balaban J connectivity index is 1.27. The van der Waals surface area contributed by atoms with E-state index in [2.05, 4.69) is 27.1 Å². The molecule has 0 atom stereocenters. The molecule has 3 heterocycles. The van der Waals surface area contributed by atoms with Gasteiger partial charge >= 0.3 is 0 Å². The molecule has 0 spiro atoms. The van der Waals surface area contributed by atoms with Gasteiger partial charge in [-0.1, -0.05) is 0 Å². The third-order valence-corrected chi connectivity index (χ3v) is 5.70. The van der Waals surface area contributed by atoms with Gasteiger partial charge in [-0.05, 0) is 64.7 Å².